The molecule has 3 atom stereocenters. The molecule has 4 aliphatic carbocycles. The zero-order chi connectivity index (χ0) is 67.5. The third-order valence-electron chi connectivity index (χ3n) is 24.1. The van der Waals surface area contributed by atoms with Crippen molar-refractivity contribution in [2.24, 2.45) is 20.0 Å². The zero-order valence-corrected chi connectivity index (χ0v) is 56.2. The van der Waals surface area contributed by atoms with Gasteiger partial charge in [-0.3, -0.25) is 0 Å². The molecule has 0 saturated heterocycles. The van der Waals surface area contributed by atoms with Gasteiger partial charge in [0.05, 0.1) is 72.2 Å². The minimum atomic E-state index is -1.63. The topological polar surface area (TPSA) is 220 Å². The van der Waals surface area contributed by atoms with Crippen molar-refractivity contribution in [1.82, 2.24) is 9.13 Å². The van der Waals surface area contributed by atoms with E-state index in [2.05, 4.69) is 113 Å². The van der Waals surface area contributed by atoms with Crippen molar-refractivity contribution in [2.45, 2.75) is 119 Å². The van der Waals surface area contributed by atoms with Crippen LogP contribution in [0.4, 0.5) is 11.6 Å². The van der Waals surface area contributed by atoms with E-state index in [9.17, 15) is 20.4 Å². The van der Waals surface area contributed by atoms with Gasteiger partial charge in [0.15, 0.2) is 92.0 Å². The molecule has 4 N–H and O–H groups in total. The van der Waals surface area contributed by atoms with Crippen LogP contribution in [0.5, 0.6) is 92.0 Å². The van der Waals surface area contributed by atoms with Crippen LogP contribution < -0.4 is 48.9 Å². The lowest BCUT2D eigenvalue weighted by Crippen LogP contribution is -2.71. The van der Waals surface area contributed by atoms with Gasteiger partial charge in [-0.05, 0) is 189 Å². The number of rotatable bonds is 4. The molecule has 2 aromatic heterocycles. The molecule has 3 spiro atoms. The van der Waals surface area contributed by atoms with Crippen molar-refractivity contribution in [3.63, 3.8) is 0 Å². The molecule has 22 rings (SSSR count). The molecule has 20 heteroatoms. The number of nitrogens with zero attached hydrogens (tertiary/aromatic N) is 8. The van der Waals surface area contributed by atoms with Gasteiger partial charge in [-0.1, -0.05) is 75.4 Å². The predicted octanol–water partition coefficient (Wildman–Crippen LogP) is 13.7. The number of hydrogen-bond acceptors (Lipinski definition) is 16. The van der Waals surface area contributed by atoms with Crippen LogP contribution in [0.1, 0.15) is 148 Å². The third-order valence-corrected chi connectivity index (χ3v) is 24.1. The summed E-state index contributed by atoms with van der Waals surface area (Å²) in [4.78, 5) is 22.5. The van der Waals surface area contributed by atoms with Gasteiger partial charge in [0.25, 0.3) is 23.3 Å². The molecule has 10 heterocycles. The number of phenolic OH excluding ortho intramolecular Hbond substituents is 4. The molecular weight excluding hydrogens is 1250 g/mol. The molecular formula is C79H64N8O12+2. The molecule has 0 saturated carbocycles. The summed E-state index contributed by atoms with van der Waals surface area (Å²) in [6.07, 6.45) is 3.45. The molecule has 12 aliphatic rings. The lowest BCUT2D eigenvalue weighted by Gasteiger charge is -2.40. The fraction of sp³-hybridized carbons (Fsp3) is 0.291. The maximum absolute atomic E-state index is 11.5. The van der Waals surface area contributed by atoms with Gasteiger partial charge in [0.1, 0.15) is 0 Å². The molecule has 0 radical (unpaired) electrons. The summed E-state index contributed by atoms with van der Waals surface area (Å²) in [5, 5.41) is 48.2. The van der Waals surface area contributed by atoms with E-state index in [1.807, 2.05) is 33.4 Å². The molecule has 0 fully saturated rings. The van der Waals surface area contributed by atoms with Crippen molar-refractivity contribution >= 4 is 56.5 Å². The highest BCUT2D eigenvalue weighted by Crippen LogP contribution is 2.69. The van der Waals surface area contributed by atoms with Gasteiger partial charge >= 0.3 is 5.91 Å². The van der Waals surface area contributed by atoms with E-state index in [1.54, 1.807) is 28.4 Å². The van der Waals surface area contributed by atoms with Crippen LogP contribution in [0.2, 0.25) is 0 Å². The van der Waals surface area contributed by atoms with E-state index in [-0.39, 0.29) is 55.5 Å². The van der Waals surface area contributed by atoms with E-state index in [0.717, 1.165) is 25.7 Å². The van der Waals surface area contributed by atoms with Crippen molar-refractivity contribution in [3.05, 3.63) is 175 Å². The summed E-state index contributed by atoms with van der Waals surface area (Å²) in [5.74, 6) is 6.79. The van der Waals surface area contributed by atoms with Crippen LogP contribution in [0.15, 0.2) is 117 Å². The summed E-state index contributed by atoms with van der Waals surface area (Å²) < 4.78 is 60.7. The Balaban J connectivity index is 0.766. The van der Waals surface area contributed by atoms with Crippen LogP contribution >= 0.6 is 0 Å². The van der Waals surface area contributed by atoms with Gasteiger partial charge in [0.2, 0.25) is 22.6 Å². The zero-order valence-electron chi connectivity index (χ0n) is 56.2. The number of aromatic nitrogens is 2. The Kier molecular flexibility index (Phi) is 9.47. The van der Waals surface area contributed by atoms with Crippen LogP contribution in [0.25, 0.3) is 21.5 Å². The van der Waals surface area contributed by atoms with E-state index in [4.69, 9.17) is 57.9 Å². The number of aliphatic imine (C=N–C) groups is 2. The van der Waals surface area contributed by atoms with Crippen LogP contribution in [0, 0.1) is 0 Å². The SMILES string of the molecule is COc1cc2c(cc1OC)[C@]1(CC2(C)C)CC(C)(C)c2cc3c(cc21)Oc1cc2c(cc1O3)C1=Nc3c4cc5c(cc4c4n3C36n7c(c8cc(O)c(O)cc8c7=NC2=[N+]13)=NC1=[N+]6C(=N4)c2cc(O)c(O)cc21)Oc1cc2c(cc1O5)[C@]1(CC(C)(C)c3cc(OC)c(OC)cc31)CC2(C)C. The van der Waals surface area contributed by atoms with Crippen LogP contribution in [-0.4, -0.2) is 90.5 Å². The number of ether oxygens (including phenoxy) is 8. The first kappa shape index (κ1) is 55.8. The Bertz CT molecular complexity index is 6080. The minimum Gasteiger partial charge on any atom is -0.504 e. The first-order valence-corrected chi connectivity index (χ1v) is 33.5. The summed E-state index contributed by atoms with van der Waals surface area (Å²) >= 11 is 0. The summed E-state index contributed by atoms with van der Waals surface area (Å²) in [5.41, 5.74) is 11.2. The largest absolute Gasteiger partial charge is 0.504 e. The molecule has 1 unspecified atom stereocenters. The summed E-state index contributed by atoms with van der Waals surface area (Å²) in [6, 6.07) is 31.4. The van der Waals surface area contributed by atoms with E-state index in [1.165, 1.54) is 68.8 Å². The number of hydrogen-bond donors (Lipinski definition) is 4. The quantitative estimate of drug-likeness (QED) is 0.0955. The second kappa shape index (κ2) is 16.8. The average molecular weight is 1320 g/mol. The number of amidine groups is 4. The van der Waals surface area contributed by atoms with Gasteiger partial charge in [-0.25, -0.2) is 0 Å². The molecule has 10 aromatic rings. The minimum absolute atomic E-state index is 0.192. The van der Waals surface area contributed by atoms with Crippen molar-refractivity contribution in [1.29, 1.82) is 0 Å². The number of phenols is 4. The Hall–Kier alpha value is -11.3. The fourth-order valence-electron chi connectivity index (χ4n) is 20.5. The van der Waals surface area contributed by atoms with Crippen molar-refractivity contribution in [3.8, 4) is 92.0 Å². The average Bonchev–Trinajstić information content (AvgIpc) is 1.47. The first-order valence-electron chi connectivity index (χ1n) is 33.5. The molecule has 0 bridgehead atoms. The van der Waals surface area contributed by atoms with E-state index < -0.39 is 5.91 Å². The molecule has 8 aromatic carbocycles. The number of aromatic hydroxyl groups is 4. The van der Waals surface area contributed by atoms with Crippen LogP contribution in [-0.2, 0) is 38.4 Å². The summed E-state index contributed by atoms with van der Waals surface area (Å²) in [7, 11) is 6.75. The highest BCUT2D eigenvalue weighted by Gasteiger charge is 2.70. The number of benzene rings is 8. The standard InChI is InChI=1S/C79H62N8O12/c1-73(2)29-77(45-25-55(94-11)53(92-9)21-41(45)73)32-76(7,8)44-24-62-63(27-47(44)77)98-59-19-38-39(18-58(59)97-62)71-83-72-40-20-60-57(96-61-23-43-48(28-64(61)99-60)78(31-75(43,5)6)30-74(3,4)42-22-54(93-10)56(95-12)26-46(42)78)17-37(40)69-81-67-35-15-51(90)49(88)13-33(35)65-80-66-34-14-50(89)52(91)16-36(34)68-82-70(38)87(71)79(84(65)67,85(66)68)86(69)72/h13-28H,29-32H2,1-12H3,(H2,83,88,89,90,91)/p+2/t77-,78+,79?/m0/s1. The predicted molar refractivity (Wildman–Crippen MR) is 365 cm³/mol. The van der Waals surface area contributed by atoms with Gasteiger partial charge < -0.3 is 58.3 Å². The number of fused-ring (bicyclic) bond motifs is 24. The third kappa shape index (κ3) is 6.20. The monoisotopic (exact) mass is 1320 g/mol. The van der Waals surface area contributed by atoms with E-state index >= 15 is 0 Å². The maximum atomic E-state index is 11.5. The van der Waals surface area contributed by atoms with Crippen LogP contribution in [0.3, 0.4) is 0 Å². The Morgan fingerprint density at radius 3 is 1.05 bits per heavy atom. The fourth-order valence-corrected chi connectivity index (χ4v) is 20.5. The second-order valence-corrected chi connectivity index (χ2v) is 31.4. The van der Waals surface area contributed by atoms with E-state index in [0.29, 0.717) is 159 Å². The lowest BCUT2D eigenvalue weighted by atomic mass is 9.72. The number of methoxy groups -OCH3 is 4. The smallest absolute Gasteiger partial charge is 0.404 e. The Labute approximate surface area is 565 Å². The van der Waals surface area contributed by atoms with Gasteiger partial charge in [-0.2, -0.15) is 9.13 Å². The van der Waals surface area contributed by atoms with Gasteiger partial charge in [-0.15, -0.1) is 9.15 Å². The Morgan fingerprint density at radius 1 is 0.343 bits per heavy atom. The normalized spacial score (nSPS) is 23.1. The van der Waals surface area contributed by atoms with Gasteiger partial charge in [0, 0.05) is 10.8 Å². The molecule has 8 aliphatic heterocycles. The molecule has 490 valence electrons. The first-order chi connectivity index (χ1) is 47.3. The molecule has 0 amide bonds. The highest BCUT2D eigenvalue weighted by atomic mass is 16.6. The lowest BCUT2D eigenvalue weighted by molar-refractivity contribution is -0.790. The van der Waals surface area contributed by atoms with Crippen molar-refractivity contribution < 1.29 is 67.5 Å². The second-order valence-electron chi connectivity index (χ2n) is 31.4. The van der Waals surface area contributed by atoms with Crippen molar-refractivity contribution in [2.75, 3.05) is 28.4 Å². The molecule has 99 heavy (non-hydrogen) atoms. The Morgan fingerprint density at radius 2 is 0.646 bits per heavy atom. The highest BCUT2D eigenvalue weighted by molar-refractivity contribution is 6.21. The molecule has 20 nitrogen and oxygen atoms in total. The summed E-state index contributed by atoms with van der Waals surface area (Å²) in [6.45, 7) is 18.5. The maximum Gasteiger partial charge on any atom is 0.404 e.